The molecular weight excluding hydrogens is 466 g/mol. The zero-order chi connectivity index (χ0) is 24.8. The van der Waals surface area contributed by atoms with Gasteiger partial charge in [0, 0.05) is 24.6 Å². The van der Waals surface area contributed by atoms with Crippen molar-refractivity contribution in [2.75, 3.05) is 39.2 Å². The summed E-state index contributed by atoms with van der Waals surface area (Å²) in [5, 5.41) is 3.55. The Morgan fingerprint density at radius 3 is 2.09 bits per heavy atom. The lowest BCUT2D eigenvalue weighted by atomic mass is 9.96. The van der Waals surface area contributed by atoms with Crippen LogP contribution in [-0.2, 0) is 9.53 Å². The first-order valence-electron chi connectivity index (χ1n) is 11.5. The molecule has 4 rings (SSSR count). The van der Waals surface area contributed by atoms with Gasteiger partial charge in [0.25, 0.3) is 0 Å². The maximum atomic E-state index is 13.0. The van der Waals surface area contributed by atoms with E-state index in [0.29, 0.717) is 37.7 Å². The second-order valence-corrected chi connectivity index (χ2v) is 9.10. The standard InChI is InChI=1S/C26H29N3O5S/c1-4-34-26(31)29-15-13-19(14-16-29)24(30)28-25-27-22(17-5-9-20(32-2)10-6-17)23(35-25)18-7-11-21(33-3)12-8-18/h5-12,19H,4,13-16H2,1-3H3,(H,27,28,30). The van der Waals surface area contributed by atoms with Crippen LogP contribution in [0.25, 0.3) is 21.7 Å². The maximum Gasteiger partial charge on any atom is 0.409 e. The van der Waals surface area contributed by atoms with Crippen molar-refractivity contribution in [3.8, 4) is 33.2 Å². The molecule has 1 aliphatic rings. The Balaban J connectivity index is 1.54. The minimum atomic E-state index is -0.320. The summed E-state index contributed by atoms with van der Waals surface area (Å²) in [5.41, 5.74) is 2.70. The topological polar surface area (TPSA) is 90.0 Å². The quantitative estimate of drug-likeness (QED) is 0.478. The molecule has 8 nitrogen and oxygen atoms in total. The lowest BCUT2D eigenvalue weighted by Crippen LogP contribution is -2.41. The SMILES string of the molecule is CCOC(=O)N1CCC(C(=O)Nc2nc(-c3ccc(OC)cc3)c(-c3ccc(OC)cc3)s2)CC1. The zero-order valence-electron chi connectivity index (χ0n) is 20.1. The normalized spacial score (nSPS) is 13.9. The van der Waals surface area contributed by atoms with Crippen LogP contribution in [-0.4, -0.2) is 55.8 Å². The largest absolute Gasteiger partial charge is 0.497 e. The molecule has 2 aromatic carbocycles. The molecule has 0 radical (unpaired) electrons. The van der Waals surface area contributed by atoms with Gasteiger partial charge >= 0.3 is 6.09 Å². The second-order valence-electron chi connectivity index (χ2n) is 8.10. The number of nitrogens with one attached hydrogen (secondary N) is 1. The molecule has 1 aromatic heterocycles. The van der Waals surface area contributed by atoms with Gasteiger partial charge < -0.3 is 24.4 Å². The average Bonchev–Trinajstić information content (AvgIpc) is 3.32. The molecule has 2 heterocycles. The number of benzene rings is 2. The number of thiazole rings is 1. The molecular formula is C26H29N3O5S. The third-order valence-corrected chi connectivity index (χ3v) is 6.98. The Hall–Kier alpha value is -3.59. The number of rotatable bonds is 7. The van der Waals surface area contributed by atoms with Crippen molar-refractivity contribution in [2.45, 2.75) is 19.8 Å². The predicted octanol–water partition coefficient (Wildman–Crippen LogP) is 5.30. The van der Waals surface area contributed by atoms with Crippen LogP contribution in [0.4, 0.5) is 9.93 Å². The highest BCUT2D eigenvalue weighted by molar-refractivity contribution is 7.19. The number of aromatic nitrogens is 1. The first-order chi connectivity index (χ1) is 17.0. The summed E-state index contributed by atoms with van der Waals surface area (Å²) in [6, 6.07) is 15.5. The van der Waals surface area contributed by atoms with E-state index in [1.807, 2.05) is 48.5 Å². The van der Waals surface area contributed by atoms with Crippen LogP contribution in [0.3, 0.4) is 0 Å². The lowest BCUT2D eigenvalue weighted by molar-refractivity contribution is -0.121. The highest BCUT2D eigenvalue weighted by Gasteiger charge is 2.29. The van der Waals surface area contributed by atoms with Gasteiger partial charge in [0.1, 0.15) is 11.5 Å². The molecule has 35 heavy (non-hydrogen) atoms. The predicted molar refractivity (Wildman–Crippen MR) is 136 cm³/mol. The van der Waals surface area contributed by atoms with Crippen molar-refractivity contribution in [3.05, 3.63) is 48.5 Å². The Morgan fingerprint density at radius 1 is 0.971 bits per heavy atom. The molecule has 0 saturated carbocycles. The summed E-state index contributed by atoms with van der Waals surface area (Å²) in [5.74, 6) is 1.27. The van der Waals surface area contributed by atoms with E-state index in [-0.39, 0.29) is 17.9 Å². The van der Waals surface area contributed by atoms with Crippen molar-refractivity contribution in [1.82, 2.24) is 9.88 Å². The van der Waals surface area contributed by atoms with Crippen LogP contribution in [0.5, 0.6) is 11.5 Å². The number of hydrogen-bond donors (Lipinski definition) is 1. The van der Waals surface area contributed by atoms with Gasteiger partial charge in [-0.15, -0.1) is 0 Å². The van der Waals surface area contributed by atoms with Crippen molar-refractivity contribution in [3.63, 3.8) is 0 Å². The number of anilines is 1. The molecule has 9 heteroatoms. The summed E-state index contributed by atoms with van der Waals surface area (Å²) < 4.78 is 15.6. The third kappa shape index (κ3) is 5.74. The summed E-state index contributed by atoms with van der Waals surface area (Å²) in [4.78, 5) is 32.3. The van der Waals surface area contributed by atoms with E-state index in [1.54, 1.807) is 26.0 Å². The summed E-state index contributed by atoms with van der Waals surface area (Å²) in [7, 11) is 3.26. The van der Waals surface area contributed by atoms with Crippen LogP contribution >= 0.6 is 11.3 Å². The van der Waals surface area contributed by atoms with Crippen LogP contribution < -0.4 is 14.8 Å². The molecule has 0 aliphatic carbocycles. The van der Waals surface area contributed by atoms with Gasteiger partial charge in [-0.25, -0.2) is 9.78 Å². The van der Waals surface area contributed by atoms with E-state index in [1.165, 1.54) is 11.3 Å². The van der Waals surface area contributed by atoms with E-state index in [0.717, 1.165) is 33.2 Å². The fourth-order valence-corrected chi connectivity index (χ4v) is 5.00. The average molecular weight is 496 g/mol. The molecule has 0 unspecified atom stereocenters. The molecule has 3 aromatic rings. The fraction of sp³-hybridized carbons (Fsp3) is 0.346. The minimum Gasteiger partial charge on any atom is -0.497 e. The summed E-state index contributed by atoms with van der Waals surface area (Å²) in [6.45, 7) is 3.13. The number of ether oxygens (including phenoxy) is 3. The third-order valence-electron chi connectivity index (χ3n) is 5.96. The van der Waals surface area contributed by atoms with E-state index in [2.05, 4.69) is 5.32 Å². The molecule has 2 amide bonds. The first-order valence-corrected chi connectivity index (χ1v) is 12.4. The van der Waals surface area contributed by atoms with Gasteiger partial charge in [0.05, 0.1) is 31.4 Å². The second kappa shape index (κ2) is 11.2. The van der Waals surface area contributed by atoms with Gasteiger partial charge in [0.2, 0.25) is 5.91 Å². The summed E-state index contributed by atoms with van der Waals surface area (Å²) >= 11 is 1.44. The van der Waals surface area contributed by atoms with Gasteiger partial charge in [-0.1, -0.05) is 11.3 Å². The van der Waals surface area contributed by atoms with E-state index >= 15 is 0 Å². The van der Waals surface area contributed by atoms with Gasteiger partial charge in [-0.2, -0.15) is 0 Å². The highest BCUT2D eigenvalue weighted by atomic mass is 32.1. The molecule has 1 fully saturated rings. The van der Waals surface area contributed by atoms with E-state index in [9.17, 15) is 9.59 Å². The number of carbonyl (C=O) groups excluding carboxylic acids is 2. The van der Waals surface area contributed by atoms with E-state index < -0.39 is 0 Å². The Labute approximate surface area is 208 Å². The number of carbonyl (C=O) groups is 2. The van der Waals surface area contributed by atoms with Gasteiger partial charge in [0.15, 0.2) is 5.13 Å². The number of nitrogens with zero attached hydrogens (tertiary/aromatic N) is 2. The van der Waals surface area contributed by atoms with Crippen molar-refractivity contribution >= 4 is 28.5 Å². The number of piperidine rings is 1. The Bertz CT molecular complexity index is 1090. The number of methoxy groups -OCH3 is 2. The van der Waals surface area contributed by atoms with Gasteiger partial charge in [-0.05, 0) is 73.9 Å². The zero-order valence-corrected chi connectivity index (χ0v) is 20.9. The Morgan fingerprint density at radius 2 is 1.54 bits per heavy atom. The van der Waals surface area contributed by atoms with Crippen molar-refractivity contribution in [2.24, 2.45) is 5.92 Å². The van der Waals surface area contributed by atoms with Crippen molar-refractivity contribution < 1.29 is 23.8 Å². The smallest absolute Gasteiger partial charge is 0.409 e. The van der Waals surface area contributed by atoms with Crippen molar-refractivity contribution in [1.29, 1.82) is 0 Å². The minimum absolute atomic E-state index is 0.0789. The molecule has 1 aliphatic heterocycles. The first kappa shape index (κ1) is 24.5. The highest BCUT2D eigenvalue weighted by Crippen LogP contribution is 2.40. The van der Waals surface area contributed by atoms with Crippen LogP contribution in [0.2, 0.25) is 0 Å². The monoisotopic (exact) mass is 495 g/mol. The van der Waals surface area contributed by atoms with Crippen LogP contribution in [0, 0.1) is 5.92 Å². The number of amides is 2. The summed E-state index contributed by atoms with van der Waals surface area (Å²) in [6.07, 6.45) is 0.860. The van der Waals surface area contributed by atoms with E-state index in [4.69, 9.17) is 19.2 Å². The molecule has 1 saturated heterocycles. The van der Waals surface area contributed by atoms with Crippen LogP contribution in [0.1, 0.15) is 19.8 Å². The number of hydrogen-bond acceptors (Lipinski definition) is 7. The van der Waals surface area contributed by atoms with Gasteiger partial charge in [-0.3, -0.25) is 4.79 Å². The maximum absolute atomic E-state index is 13.0. The molecule has 0 spiro atoms. The fourth-order valence-electron chi connectivity index (χ4n) is 4.00. The lowest BCUT2D eigenvalue weighted by Gasteiger charge is -2.30. The number of likely N-dealkylation sites (tertiary alicyclic amines) is 1. The van der Waals surface area contributed by atoms with Crippen LogP contribution in [0.15, 0.2) is 48.5 Å². The molecule has 1 N–H and O–H groups in total. The molecule has 0 bridgehead atoms. The Kier molecular flexibility index (Phi) is 7.87. The molecule has 0 atom stereocenters. The molecule has 184 valence electrons.